The molecule has 3 aromatic rings. The van der Waals surface area contributed by atoms with E-state index in [1.54, 1.807) is 12.7 Å². The van der Waals surface area contributed by atoms with Gasteiger partial charge in [0.25, 0.3) is 0 Å². The van der Waals surface area contributed by atoms with Gasteiger partial charge in [0.15, 0.2) is 0 Å². The molecule has 0 unspecified atom stereocenters. The second kappa shape index (κ2) is 11.8. The molecule has 2 atom stereocenters. The highest BCUT2D eigenvalue weighted by molar-refractivity contribution is 7.80. The number of hydrogen-bond acceptors (Lipinski definition) is 5. The Morgan fingerprint density at radius 1 is 1.03 bits per heavy atom. The summed E-state index contributed by atoms with van der Waals surface area (Å²) in [5, 5.41) is 11.3. The van der Waals surface area contributed by atoms with Crippen LogP contribution in [-0.4, -0.2) is 33.9 Å². The summed E-state index contributed by atoms with van der Waals surface area (Å²) in [7, 11) is 0. The molecule has 1 aliphatic rings. The van der Waals surface area contributed by atoms with E-state index in [0.29, 0.717) is 36.9 Å². The number of nitrogens with zero attached hydrogens (tertiary/aromatic N) is 4. The largest absolute Gasteiger partial charge is 0.369 e. The number of thiol groups is 1. The highest BCUT2D eigenvalue weighted by Crippen LogP contribution is 2.30. The van der Waals surface area contributed by atoms with Gasteiger partial charge in [0, 0.05) is 48.6 Å². The van der Waals surface area contributed by atoms with Crippen molar-refractivity contribution in [2.45, 2.75) is 62.9 Å². The van der Waals surface area contributed by atoms with Crippen molar-refractivity contribution >= 4 is 18.3 Å². The minimum absolute atomic E-state index is 0.166. The van der Waals surface area contributed by atoms with E-state index in [1.807, 2.05) is 27.7 Å². The average molecular weight is 486 g/mol. The van der Waals surface area contributed by atoms with Gasteiger partial charge >= 0.3 is 0 Å². The molecule has 0 spiro atoms. The van der Waals surface area contributed by atoms with E-state index in [1.165, 1.54) is 17.7 Å². The lowest BCUT2D eigenvalue weighted by Gasteiger charge is -2.34. The number of piperidine rings is 1. The van der Waals surface area contributed by atoms with Crippen LogP contribution in [0.3, 0.4) is 0 Å². The van der Waals surface area contributed by atoms with E-state index in [9.17, 15) is 8.78 Å². The van der Waals surface area contributed by atoms with Crippen LogP contribution in [0.1, 0.15) is 61.4 Å². The van der Waals surface area contributed by atoms with E-state index < -0.39 is 0 Å². The van der Waals surface area contributed by atoms with Crippen LogP contribution in [0.15, 0.2) is 55.1 Å². The molecule has 0 saturated carbocycles. The molecule has 0 bridgehead atoms. The molecule has 1 fully saturated rings. The Kier molecular flexibility index (Phi) is 8.56. The van der Waals surface area contributed by atoms with Gasteiger partial charge in [-0.05, 0) is 43.7 Å². The molecular weight excluding hydrogens is 452 g/mol. The second-order valence-corrected chi connectivity index (χ2v) is 9.64. The van der Waals surface area contributed by atoms with E-state index in [4.69, 9.17) is 12.6 Å². The van der Waals surface area contributed by atoms with Crippen LogP contribution in [0.5, 0.6) is 0 Å². The Bertz CT molecular complexity index is 1020. The first-order chi connectivity index (χ1) is 16.5. The predicted octanol–water partition coefficient (Wildman–Crippen LogP) is 5.72. The third kappa shape index (κ3) is 6.16. The van der Waals surface area contributed by atoms with E-state index in [-0.39, 0.29) is 22.9 Å². The zero-order chi connectivity index (χ0) is 23.9. The van der Waals surface area contributed by atoms with Gasteiger partial charge in [-0.25, -0.2) is 8.78 Å². The topological polar surface area (TPSA) is 46.0 Å². The fraction of sp³-hybridized carbons (Fsp3) is 0.462. The van der Waals surface area contributed by atoms with Gasteiger partial charge in [0.05, 0.1) is 5.69 Å². The average Bonchev–Trinajstić information content (AvgIpc) is 3.41. The molecule has 5 nitrogen and oxygen atoms in total. The maximum Gasteiger partial charge on any atom is 0.147 e. The Balaban J connectivity index is 1.31. The third-order valence-electron chi connectivity index (χ3n) is 6.83. The molecule has 0 radical (unpaired) electrons. The number of rotatable bonds is 10. The smallest absolute Gasteiger partial charge is 0.147 e. The summed E-state index contributed by atoms with van der Waals surface area (Å²) < 4.78 is 31.9. The Morgan fingerprint density at radius 2 is 1.74 bits per heavy atom. The van der Waals surface area contributed by atoms with Crippen LogP contribution >= 0.6 is 12.6 Å². The van der Waals surface area contributed by atoms with Gasteiger partial charge in [0.2, 0.25) is 0 Å². The first kappa shape index (κ1) is 24.7. The van der Waals surface area contributed by atoms with Gasteiger partial charge in [0.1, 0.15) is 24.3 Å². The minimum Gasteiger partial charge on any atom is -0.369 e. The number of aromatic nitrogens is 3. The van der Waals surface area contributed by atoms with Crippen LogP contribution in [0.25, 0.3) is 0 Å². The Morgan fingerprint density at radius 3 is 2.41 bits per heavy atom. The summed E-state index contributed by atoms with van der Waals surface area (Å²) in [5.41, 5.74) is 1.91. The van der Waals surface area contributed by atoms with Crippen molar-refractivity contribution in [2.75, 3.05) is 18.0 Å². The van der Waals surface area contributed by atoms with Crippen molar-refractivity contribution < 1.29 is 8.78 Å². The molecule has 1 aromatic heterocycles. The molecule has 34 heavy (non-hydrogen) atoms. The third-order valence-corrected chi connectivity index (χ3v) is 7.38. The quantitative estimate of drug-likeness (QED) is 0.361. The molecule has 1 saturated heterocycles. The molecule has 2 aromatic carbocycles. The number of benzene rings is 2. The summed E-state index contributed by atoms with van der Waals surface area (Å²) in [4.78, 5) is 1.93. The highest BCUT2D eigenvalue weighted by atomic mass is 32.1. The first-order valence-electron chi connectivity index (χ1n) is 12.1. The standard InChI is InChI=1S/C26H33F2N5S/c1-2-21(8-9-26(34)19-6-4-3-5-7-19)29-16-20-14-24(28)25(15-23(20)27)32-12-10-22(11-13-32)33-17-30-31-18-33/h3-7,14-15,17-18,21-22,26,29,34H,2,8-13,16H2,1H3/t21-,26-/m0/s1. The van der Waals surface area contributed by atoms with Crippen molar-refractivity contribution in [1.82, 2.24) is 20.1 Å². The Hall–Kier alpha value is -2.45. The van der Waals surface area contributed by atoms with Crippen LogP contribution in [-0.2, 0) is 6.54 Å². The normalized spacial score (nSPS) is 16.5. The SMILES string of the molecule is CC[C@@H](CC[C@H](S)c1ccccc1)NCc1cc(F)c(N2CCC(n3cnnc3)CC2)cc1F. The van der Waals surface area contributed by atoms with E-state index in [2.05, 4.69) is 34.6 Å². The van der Waals surface area contributed by atoms with E-state index in [0.717, 1.165) is 32.1 Å². The monoisotopic (exact) mass is 485 g/mol. The zero-order valence-electron chi connectivity index (χ0n) is 19.6. The lowest BCUT2D eigenvalue weighted by molar-refractivity contribution is 0.392. The van der Waals surface area contributed by atoms with Crippen molar-refractivity contribution in [3.63, 3.8) is 0 Å². The molecule has 1 aliphatic heterocycles. The van der Waals surface area contributed by atoms with Crippen LogP contribution in [0, 0.1) is 11.6 Å². The number of halogens is 2. The molecule has 2 heterocycles. The second-order valence-electron chi connectivity index (χ2n) is 9.01. The molecule has 182 valence electrons. The Labute approximate surface area is 206 Å². The number of hydrogen-bond donors (Lipinski definition) is 2. The van der Waals surface area contributed by atoms with Gasteiger partial charge in [-0.1, -0.05) is 37.3 Å². The molecule has 4 rings (SSSR count). The molecule has 8 heteroatoms. The maximum atomic E-state index is 15.0. The summed E-state index contributed by atoms with van der Waals surface area (Å²) in [6.07, 6.45) is 7.86. The van der Waals surface area contributed by atoms with Crippen LogP contribution < -0.4 is 10.2 Å². The summed E-state index contributed by atoms with van der Waals surface area (Å²) in [5.74, 6) is -0.732. The van der Waals surface area contributed by atoms with Crippen molar-refractivity contribution in [1.29, 1.82) is 0 Å². The van der Waals surface area contributed by atoms with Crippen molar-refractivity contribution in [2.24, 2.45) is 0 Å². The van der Waals surface area contributed by atoms with Crippen molar-refractivity contribution in [3.05, 3.63) is 77.9 Å². The molecule has 0 amide bonds. The van der Waals surface area contributed by atoms with Crippen LogP contribution in [0.4, 0.5) is 14.5 Å². The number of anilines is 1. The minimum atomic E-state index is -0.367. The highest BCUT2D eigenvalue weighted by Gasteiger charge is 2.24. The lowest BCUT2D eigenvalue weighted by Crippen LogP contribution is -2.35. The molecule has 0 aliphatic carbocycles. The van der Waals surface area contributed by atoms with Gasteiger partial charge in [-0.3, -0.25) is 0 Å². The van der Waals surface area contributed by atoms with Crippen molar-refractivity contribution in [3.8, 4) is 0 Å². The summed E-state index contributed by atoms with van der Waals surface area (Å²) in [6, 6.07) is 13.4. The summed E-state index contributed by atoms with van der Waals surface area (Å²) in [6.45, 7) is 3.75. The molecular formula is C26H33F2N5S. The molecule has 1 N–H and O–H groups in total. The van der Waals surface area contributed by atoms with Gasteiger partial charge in [-0.15, -0.1) is 10.2 Å². The fourth-order valence-corrected chi connectivity index (χ4v) is 4.98. The zero-order valence-corrected chi connectivity index (χ0v) is 20.5. The number of nitrogens with one attached hydrogen (secondary N) is 1. The van der Waals surface area contributed by atoms with E-state index >= 15 is 0 Å². The van der Waals surface area contributed by atoms with Gasteiger partial charge < -0.3 is 14.8 Å². The lowest BCUT2D eigenvalue weighted by atomic mass is 10.0. The fourth-order valence-electron chi connectivity index (χ4n) is 4.66. The van der Waals surface area contributed by atoms with Crippen LogP contribution in [0.2, 0.25) is 0 Å². The first-order valence-corrected chi connectivity index (χ1v) is 12.6. The predicted molar refractivity (Wildman–Crippen MR) is 135 cm³/mol. The van der Waals surface area contributed by atoms with Gasteiger partial charge in [-0.2, -0.15) is 12.6 Å². The maximum absolute atomic E-state index is 15.0. The summed E-state index contributed by atoms with van der Waals surface area (Å²) >= 11 is 4.74.